The molecule has 0 N–H and O–H groups in total. The third-order valence-corrected chi connectivity index (χ3v) is 8.13. The molecule has 2 amide bonds. The summed E-state index contributed by atoms with van der Waals surface area (Å²) in [7, 11) is 4.88. The van der Waals surface area contributed by atoms with Gasteiger partial charge in [0.05, 0.1) is 32.4 Å². The summed E-state index contributed by atoms with van der Waals surface area (Å²) < 4.78 is 22.6. The Morgan fingerprint density at radius 2 is 1.57 bits per heavy atom. The highest BCUT2D eigenvalue weighted by Crippen LogP contribution is 2.28. The third kappa shape index (κ3) is 9.23. The van der Waals surface area contributed by atoms with Gasteiger partial charge in [0.25, 0.3) is 5.91 Å². The van der Waals surface area contributed by atoms with Gasteiger partial charge in [0, 0.05) is 33.2 Å². The fraction of sp³-hybridized carbons (Fsp3) is 0.444. The largest absolute Gasteiger partial charge is 0.493 e. The summed E-state index contributed by atoms with van der Waals surface area (Å²) in [6.45, 7) is 2.59. The van der Waals surface area contributed by atoms with Crippen LogP contribution >= 0.6 is 0 Å². The van der Waals surface area contributed by atoms with Crippen molar-refractivity contribution >= 4 is 11.8 Å². The lowest BCUT2D eigenvalue weighted by atomic mass is 10.0. The Labute approximate surface area is 261 Å². The maximum atomic E-state index is 14.0. The summed E-state index contributed by atoms with van der Waals surface area (Å²) >= 11 is 0. The molecule has 1 atom stereocenters. The second kappa shape index (κ2) is 17.3. The fourth-order valence-electron chi connectivity index (χ4n) is 5.67. The highest BCUT2D eigenvalue weighted by molar-refractivity contribution is 5.97. The Hall–Kier alpha value is -4.04. The first-order chi connectivity index (χ1) is 21.5. The van der Waals surface area contributed by atoms with E-state index in [9.17, 15) is 9.59 Å². The fourth-order valence-corrected chi connectivity index (χ4v) is 5.67. The van der Waals surface area contributed by atoms with Gasteiger partial charge >= 0.3 is 0 Å². The third-order valence-electron chi connectivity index (χ3n) is 8.13. The molecule has 4 rings (SSSR count). The van der Waals surface area contributed by atoms with Crippen molar-refractivity contribution in [1.82, 2.24) is 9.80 Å². The molecule has 0 unspecified atom stereocenters. The zero-order valence-electron chi connectivity index (χ0n) is 26.3. The minimum absolute atomic E-state index is 0.0582. The predicted octanol–water partition coefficient (Wildman–Crippen LogP) is 5.82. The molecule has 8 heteroatoms. The molecule has 8 nitrogen and oxygen atoms in total. The number of methoxy groups -OCH3 is 3. The molecule has 0 aromatic heterocycles. The molecule has 0 radical (unpaired) electrons. The van der Waals surface area contributed by atoms with E-state index in [1.807, 2.05) is 70.5 Å². The molecule has 0 fully saturated rings. The molecule has 44 heavy (non-hydrogen) atoms. The molecule has 1 aliphatic heterocycles. The molecule has 0 saturated heterocycles. The van der Waals surface area contributed by atoms with Crippen LogP contribution in [-0.4, -0.2) is 81.8 Å². The number of hydrogen-bond donors (Lipinski definition) is 0. The number of rotatable bonds is 10. The second-order valence-electron chi connectivity index (χ2n) is 11.1. The zero-order chi connectivity index (χ0) is 31.1. The van der Waals surface area contributed by atoms with Crippen molar-refractivity contribution in [2.45, 2.75) is 51.0 Å². The quantitative estimate of drug-likeness (QED) is 0.291. The Bertz CT molecular complexity index is 1330. The van der Waals surface area contributed by atoms with Crippen LogP contribution in [-0.2, 0) is 22.4 Å². The lowest BCUT2D eigenvalue weighted by molar-refractivity contribution is -0.134. The second-order valence-corrected chi connectivity index (χ2v) is 11.1. The van der Waals surface area contributed by atoms with Gasteiger partial charge < -0.3 is 28.7 Å². The van der Waals surface area contributed by atoms with E-state index < -0.39 is 0 Å². The van der Waals surface area contributed by atoms with Gasteiger partial charge in [-0.25, -0.2) is 0 Å². The first kappa shape index (κ1) is 32.9. The van der Waals surface area contributed by atoms with E-state index in [1.54, 1.807) is 21.3 Å². The van der Waals surface area contributed by atoms with Crippen LogP contribution in [0.2, 0.25) is 0 Å². The number of fused-ring (bicyclic) bond motifs is 1. The summed E-state index contributed by atoms with van der Waals surface area (Å²) in [6, 6.07) is 23.2. The van der Waals surface area contributed by atoms with E-state index >= 15 is 0 Å². The summed E-state index contributed by atoms with van der Waals surface area (Å²) in [5.41, 5.74) is 2.68. The number of ether oxygens (including phenoxy) is 4. The smallest absolute Gasteiger partial charge is 0.257 e. The molecule has 0 saturated carbocycles. The van der Waals surface area contributed by atoms with Crippen molar-refractivity contribution in [2.24, 2.45) is 0 Å². The molecule has 236 valence electrons. The maximum absolute atomic E-state index is 14.0. The minimum Gasteiger partial charge on any atom is -0.493 e. The zero-order valence-corrected chi connectivity index (χ0v) is 26.3. The molecular weight excluding hydrogens is 556 g/mol. The van der Waals surface area contributed by atoms with Crippen LogP contribution in [0.5, 0.6) is 17.2 Å². The summed E-state index contributed by atoms with van der Waals surface area (Å²) in [5.74, 6) is 1.88. The van der Waals surface area contributed by atoms with Gasteiger partial charge in [-0.05, 0) is 61.1 Å². The number of nitrogens with zero attached hydrogens (tertiary/aromatic N) is 2. The normalized spacial score (nSPS) is 16.4. The van der Waals surface area contributed by atoms with Crippen molar-refractivity contribution in [3.05, 3.63) is 89.5 Å². The highest BCUT2D eigenvalue weighted by atomic mass is 16.5. The van der Waals surface area contributed by atoms with Gasteiger partial charge in [-0.1, -0.05) is 61.4 Å². The summed E-state index contributed by atoms with van der Waals surface area (Å²) in [6.07, 6.45) is 5.33. The Morgan fingerprint density at radius 3 is 2.32 bits per heavy atom. The van der Waals surface area contributed by atoms with E-state index in [1.165, 1.54) is 0 Å². The average molecular weight is 603 g/mol. The van der Waals surface area contributed by atoms with Crippen molar-refractivity contribution in [1.29, 1.82) is 0 Å². The number of hydrogen-bond acceptors (Lipinski definition) is 6. The number of para-hydroxylation sites is 1. The van der Waals surface area contributed by atoms with Gasteiger partial charge in [-0.2, -0.15) is 0 Å². The van der Waals surface area contributed by atoms with Gasteiger partial charge in [-0.3, -0.25) is 9.59 Å². The van der Waals surface area contributed by atoms with Crippen molar-refractivity contribution in [3.63, 3.8) is 0 Å². The van der Waals surface area contributed by atoms with E-state index in [2.05, 4.69) is 12.1 Å². The maximum Gasteiger partial charge on any atom is 0.257 e. The molecule has 0 spiro atoms. The molecule has 0 aliphatic carbocycles. The van der Waals surface area contributed by atoms with Gasteiger partial charge in [0.15, 0.2) is 11.5 Å². The monoisotopic (exact) mass is 602 g/mol. The summed E-state index contributed by atoms with van der Waals surface area (Å²) in [4.78, 5) is 31.5. The minimum atomic E-state index is -0.203. The average Bonchev–Trinajstić information content (AvgIpc) is 3.06. The molecule has 1 heterocycles. The van der Waals surface area contributed by atoms with Crippen LogP contribution < -0.4 is 14.2 Å². The Morgan fingerprint density at radius 1 is 0.841 bits per heavy atom. The van der Waals surface area contributed by atoms with E-state index in [0.29, 0.717) is 68.3 Å². The lowest BCUT2D eigenvalue weighted by Gasteiger charge is -2.33. The number of aryl methyl sites for hydroxylation is 1. The molecule has 1 aliphatic rings. The van der Waals surface area contributed by atoms with Crippen LogP contribution in [0.3, 0.4) is 0 Å². The number of carbonyl (C=O) groups excluding carboxylic acids is 2. The summed E-state index contributed by atoms with van der Waals surface area (Å²) in [5, 5.41) is 0. The Kier molecular flexibility index (Phi) is 12.9. The van der Waals surface area contributed by atoms with Gasteiger partial charge in [0.1, 0.15) is 12.4 Å². The Balaban J connectivity index is 1.59. The topological polar surface area (TPSA) is 77.5 Å². The highest BCUT2D eigenvalue weighted by Gasteiger charge is 2.27. The van der Waals surface area contributed by atoms with Crippen molar-refractivity contribution < 1.29 is 28.5 Å². The molecule has 0 bridgehead atoms. The number of amides is 2. The standard InChI is InChI=1S/C36H46N2O6/c1-41-24-23-37-21-11-4-5-12-22-38(35(39)20-18-29-17-19-33(42-2)34(26-29)43-3)30(25-28-13-7-6-8-14-28)27-44-32-16-10-9-15-31(32)36(37)40/h6-10,13-17,19,26,30H,4-5,11-12,18,20-25,27H2,1-3H3/t30-/m0/s1. The van der Waals surface area contributed by atoms with Crippen LogP contribution in [0.4, 0.5) is 0 Å². The molecule has 3 aromatic rings. The van der Waals surface area contributed by atoms with E-state index in [-0.39, 0.29) is 24.5 Å². The van der Waals surface area contributed by atoms with Crippen LogP contribution in [0.15, 0.2) is 72.8 Å². The van der Waals surface area contributed by atoms with Crippen LogP contribution in [0.25, 0.3) is 0 Å². The van der Waals surface area contributed by atoms with E-state index in [0.717, 1.165) is 36.8 Å². The van der Waals surface area contributed by atoms with Crippen molar-refractivity contribution in [2.75, 3.05) is 54.2 Å². The number of carbonyl (C=O) groups is 2. The predicted molar refractivity (Wildman–Crippen MR) is 172 cm³/mol. The first-order valence-electron chi connectivity index (χ1n) is 15.6. The van der Waals surface area contributed by atoms with Crippen LogP contribution in [0.1, 0.15) is 53.6 Å². The molecule has 3 aromatic carbocycles. The van der Waals surface area contributed by atoms with Crippen molar-refractivity contribution in [3.8, 4) is 17.2 Å². The number of benzene rings is 3. The first-order valence-corrected chi connectivity index (χ1v) is 15.6. The molecular formula is C36H46N2O6. The lowest BCUT2D eigenvalue weighted by Crippen LogP contribution is -2.46. The van der Waals surface area contributed by atoms with E-state index in [4.69, 9.17) is 18.9 Å². The SMILES string of the molecule is COCCN1CCCCCCN(C(=O)CCc2ccc(OC)c(OC)c2)[C@@H](Cc2ccccc2)COc2ccccc2C1=O. The van der Waals surface area contributed by atoms with Gasteiger partial charge in [-0.15, -0.1) is 0 Å². The van der Waals surface area contributed by atoms with Crippen LogP contribution in [0, 0.1) is 0 Å². The van der Waals surface area contributed by atoms with Gasteiger partial charge in [0.2, 0.25) is 5.91 Å².